The van der Waals surface area contributed by atoms with Gasteiger partial charge in [0.15, 0.2) is 0 Å². The van der Waals surface area contributed by atoms with Crippen LogP contribution < -0.4 is 15.5 Å². The van der Waals surface area contributed by atoms with Crippen LogP contribution in [0.2, 0.25) is 0 Å². The Hall–Kier alpha value is -2.86. The molecule has 0 saturated carbocycles. The number of nitrogens with zero attached hydrogens (tertiary/aromatic N) is 1. The predicted molar refractivity (Wildman–Crippen MR) is 106 cm³/mol. The average molecular weight is 367 g/mol. The van der Waals surface area contributed by atoms with Crippen molar-refractivity contribution in [2.24, 2.45) is 0 Å². The van der Waals surface area contributed by atoms with E-state index in [0.717, 1.165) is 29.7 Å². The van der Waals surface area contributed by atoms with Crippen LogP contribution >= 0.6 is 0 Å². The highest BCUT2D eigenvalue weighted by Gasteiger charge is 2.51. The number of hydrogen-bond donors (Lipinski definition) is 3. The lowest BCUT2D eigenvalue weighted by Gasteiger charge is -2.42. The molecule has 0 bridgehead atoms. The second kappa shape index (κ2) is 7.80. The molecule has 6 heteroatoms. The summed E-state index contributed by atoms with van der Waals surface area (Å²) in [5.41, 5.74) is 0.204. The molecule has 3 N–H and O–H groups in total. The monoisotopic (exact) mass is 367 g/mol. The van der Waals surface area contributed by atoms with Gasteiger partial charge in [-0.3, -0.25) is 9.69 Å². The Morgan fingerprint density at radius 2 is 1.85 bits per heavy atom. The van der Waals surface area contributed by atoms with E-state index in [-0.39, 0.29) is 0 Å². The van der Waals surface area contributed by atoms with E-state index in [1.807, 2.05) is 26.0 Å². The van der Waals surface area contributed by atoms with Crippen LogP contribution in [0, 0.1) is 0 Å². The van der Waals surface area contributed by atoms with Crippen molar-refractivity contribution in [3.05, 3.63) is 59.7 Å². The number of para-hydroxylation sites is 1. The number of anilines is 2. The zero-order valence-electron chi connectivity index (χ0n) is 15.7. The molecule has 1 atom stereocenters. The number of aliphatic hydroxyl groups is 1. The second-order valence-electron chi connectivity index (χ2n) is 6.61. The summed E-state index contributed by atoms with van der Waals surface area (Å²) >= 11 is 0. The molecule has 27 heavy (non-hydrogen) atoms. The van der Waals surface area contributed by atoms with Gasteiger partial charge in [-0.05, 0) is 36.6 Å². The maximum atomic E-state index is 13.0. The third kappa shape index (κ3) is 3.40. The van der Waals surface area contributed by atoms with E-state index in [1.54, 1.807) is 36.4 Å². The van der Waals surface area contributed by atoms with Crippen LogP contribution in [0.25, 0.3) is 0 Å². The smallest absolute Gasteiger partial charge is 0.329 e. The molecule has 0 spiro atoms. The molecule has 3 rings (SSSR count). The quantitative estimate of drug-likeness (QED) is 0.685. The standard InChI is InChI=1S/C21H25N3O3/c1-3-5-14-22-19(25)21(27)17-8-6-7-9-18(17)23-20(26)24(21)16-12-10-15(4-2)11-13-16/h6-13,27H,3-5,14H2,1-2H3,(H,22,25)(H,23,26). The van der Waals surface area contributed by atoms with Crippen LogP contribution in [-0.2, 0) is 16.9 Å². The van der Waals surface area contributed by atoms with Crippen molar-refractivity contribution >= 4 is 23.3 Å². The maximum absolute atomic E-state index is 13.0. The fourth-order valence-electron chi connectivity index (χ4n) is 3.25. The highest BCUT2D eigenvalue weighted by molar-refractivity contribution is 6.11. The normalized spacial score (nSPS) is 18.6. The van der Waals surface area contributed by atoms with Crippen LogP contribution in [0.1, 0.15) is 37.8 Å². The topological polar surface area (TPSA) is 81.7 Å². The first-order valence-electron chi connectivity index (χ1n) is 9.32. The van der Waals surface area contributed by atoms with Gasteiger partial charge in [0.25, 0.3) is 11.6 Å². The lowest BCUT2D eigenvalue weighted by molar-refractivity contribution is -0.140. The van der Waals surface area contributed by atoms with E-state index in [4.69, 9.17) is 0 Å². The molecular weight excluding hydrogens is 342 g/mol. The zero-order valence-corrected chi connectivity index (χ0v) is 15.7. The summed E-state index contributed by atoms with van der Waals surface area (Å²) in [7, 11) is 0. The first-order chi connectivity index (χ1) is 13.0. The summed E-state index contributed by atoms with van der Waals surface area (Å²) in [5.74, 6) is -0.613. The number of rotatable bonds is 6. The van der Waals surface area contributed by atoms with Gasteiger partial charge >= 0.3 is 6.03 Å². The van der Waals surface area contributed by atoms with Gasteiger partial charge in [-0.1, -0.05) is 50.6 Å². The summed E-state index contributed by atoms with van der Waals surface area (Å²) in [6, 6.07) is 13.5. The van der Waals surface area contributed by atoms with Gasteiger partial charge < -0.3 is 15.7 Å². The van der Waals surface area contributed by atoms with Gasteiger partial charge in [-0.2, -0.15) is 0 Å². The van der Waals surface area contributed by atoms with Gasteiger partial charge in [0.05, 0.1) is 5.69 Å². The number of fused-ring (bicyclic) bond motifs is 1. The molecule has 1 heterocycles. The van der Waals surface area contributed by atoms with Crippen molar-refractivity contribution in [3.8, 4) is 0 Å². The number of hydrogen-bond acceptors (Lipinski definition) is 3. The largest absolute Gasteiger partial charge is 0.359 e. The molecule has 1 aliphatic heterocycles. The molecule has 0 saturated heterocycles. The van der Waals surface area contributed by atoms with Crippen molar-refractivity contribution in [2.75, 3.05) is 16.8 Å². The second-order valence-corrected chi connectivity index (χ2v) is 6.61. The Morgan fingerprint density at radius 3 is 2.52 bits per heavy atom. The first-order valence-corrected chi connectivity index (χ1v) is 9.32. The van der Waals surface area contributed by atoms with Crippen LogP contribution in [0.3, 0.4) is 0 Å². The molecule has 1 unspecified atom stereocenters. The molecule has 0 radical (unpaired) electrons. The SMILES string of the molecule is CCCCNC(=O)C1(O)c2ccccc2NC(=O)N1c1ccc(CC)cc1. The van der Waals surface area contributed by atoms with Gasteiger partial charge in [-0.25, -0.2) is 4.79 Å². The molecule has 0 aliphatic carbocycles. The minimum Gasteiger partial charge on any atom is -0.359 e. The highest BCUT2D eigenvalue weighted by Crippen LogP contribution is 2.39. The van der Waals surface area contributed by atoms with E-state index < -0.39 is 17.7 Å². The van der Waals surface area contributed by atoms with Crippen molar-refractivity contribution in [1.29, 1.82) is 0 Å². The Bertz CT molecular complexity index is 835. The summed E-state index contributed by atoms with van der Waals surface area (Å²) < 4.78 is 0. The fraction of sp³-hybridized carbons (Fsp3) is 0.333. The Kier molecular flexibility index (Phi) is 5.46. The number of benzene rings is 2. The van der Waals surface area contributed by atoms with E-state index in [0.29, 0.717) is 23.5 Å². The Balaban J connectivity index is 2.08. The minimum absolute atomic E-state index is 0.346. The van der Waals surface area contributed by atoms with Crippen molar-refractivity contribution in [2.45, 2.75) is 38.8 Å². The van der Waals surface area contributed by atoms with E-state index in [1.165, 1.54) is 0 Å². The number of carbonyl (C=O) groups excluding carboxylic acids is 2. The van der Waals surface area contributed by atoms with Crippen molar-refractivity contribution in [3.63, 3.8) is 0 Å². The number of urea groups is 1. The van der Waals surface area contributed by atoms with Crippen molar-refractivity contribution in [1.82, 2.24) is 5.32 Å². The van der Waals surface area contributed by atoms with Crippen LogP contribution in [0.4, 0.5) is 16.2 Å². The third-order valence-electron chi connectivity index (χ3n) is 4.81. The van der Waals surface area contributed by atoms with Crippen LogP contribution in [-0.4, -0.2) is 23.6 Å². The molecule has 6 nitrogen and oxygen atoms in total. The van der Waals surface area contributed by atoms with Crippen LogP contribution in [0.5, 0.6) is 0 Å². The summed E-state index contributed by atoms with van der Waals surface area (Å²) in [4.78, 5) is 27.0. The zero-order chi connectivity index (χ0) is 19.4. The molecule has 1 aliphatic rings. The molecule has 2 aromatic rings. The van der Waals surface area contributed by atoms with Crippen LogP contribution in [0.15, 0.2) is 48.5 Å². The number of aryl methyl sites for hydroxylation is 1. The van der Waals surface area contributed by atoms with Crippen molar-refractivity contribution < 1.29 is 14.7 Å². The summed E-state index contributed by atoms with van der Waals surface area (Å²) in [5, 5.41) is 17.1. The summed E-state index contributed by atoms with van der Waals surface area (Å²) in [6.07, 6.45) is 2.57. The number of carbonyl (C=O) groups is 2. The molecule has 0 aromatic heterocycles. The van der Waals surface area contributed by atoms with Gasteiger partial charge in [0, 0.05) is 17.8 Å². The number of nitrogens with one attached hydrogen (secondary N) is 2. The lowest BCUT2D eigenvalue weighted by atomic mass is 9.94. The van der Waals surface area contributed by atoms with Gasteiger partial charge in [0.2, 0.25) is 0 Å². The number of amides is 3. The molecule has 142 valence electrons. The lowest BCUT2D eigenvalue weighted by Crippen LogP contribution is -2.62. The minimum atomic E-state index is -2.12. The third-order valence-corrected chi connectivity index (χ3v) is 4.81. The fourth-order valence-corrected chi connectivity index (χ4v) is 3.25. The first kappa shape index (κ1) is 18.9. The van der Waals surface area contributed by atoms with E-state index in [2.05, 4.69) is 10.6 Å². The van der Waals surface area contributed by atoms with Gasteiger partial charge in [-0.15, -0.1) is 0 Å². The van der Waals surface area contributed by atoms with E-state index >= 15 is 0 Å². The summed E-state index contributed by atoms with van der Waals surface area (Å²) in [6.45, 7) is 4.49. The predicted octanol–water partition coefficient (Wildman–Crippen LogP) is 3.36. The Morgan fingerprint density at radius 1 is 1.15 bits per heavy atom. The molecule has 0 fully saturated rings. The van der Waals surface area contributed by atoms with E-state index in [9.17, 15) is 14.7 Å². The molecular formula is C21H25N3O3. The molecule has 3 amide bonds. The average Bonchev–Trinajstić information content (AvgIpc) is 2.68. The maximum Gasteiger partial charge on any atom is 0.329 e. The number of unbranched alkanes of at least 4 members (excludes halogenated alkanes) is 1. The molecule has 2 aromatic carbocycles. The van der Waals surface area contributed by atoms with Gasteiger partial charge in [0.1, 0.15) is 0 Å². The Labute approximate surface area is 159 Å². The highest BCUT2D eigenvalue weighted by atomic mass is 16.3.